The molecule has 4 heteroatoms. The second kappa shape index (κ2) is 4.63. The van der Waals surface area contributed by atoms with E-state index < -0.39 is 0 Å². The van der Waals surface area contributed by atoms with Crippen molar-refractivity contribution in [2.45, 2.75) is 19.4 Å². The van der Waals surface area contributed by atoms with Crippen molar-refractivity contribution in [3.05, 3.63) is 30.5 Å². The van der Waals surface area contributed by atoms with Crippen molar-refractivity contribution in [1.29, 1.82) is 0 Å². The van der Waals surface area contributed by atoms with Gasteiger partial charge in [-0.2, -0.15) is 0 Å². The van der Waals surface area contributed by atoms with Crippen LogP contribution in [0.25, 0.3) is 10.9 Å². The summed E-state index contributed by atoms with van der Waals surface area (Å²) in [5, 5.41) is 1.04. The lowest BCUT2D eigenvalue weighted by atomic mass is 9.98. The predicted octanol–water partition coefficient (Wildman–Crippen LogP) is 2.35. The summed E-state index contributed by atoms with van der Waals surface area (Å²) in [6, 6.07) is 8.08. The monoisotopic (exact) mass is 270 g/mol. The normalized spacial score (nSPS) is 19.4. The average Bonchev–Trinajstić information content (AvgIpc) is 2.43. The maximum Gasteiger partial charge on any atom is 0.0955 e. The third kappa shape index (κ3) is 2.10. The number of piperazine rings is 1. The molecule has 0 amide bonds. The van der Waals surface area contributed by atoms with Gasteiger partial charge in [-0.1, -0.05) is 0 Å². The number of anilines is 2. The van der Waals surface area contributed by atoms with E-state index >= 15 is 0 Å². The summed E-state index contributed by atoms with van der Waals surface area (Å²) in [6.45, 7) is 7.65. The van der Waals surface area contributed by atoms with Crippen molar-refractivity contribution in [1.82, 2.24) is 9.88 Å². The lowest BCUT2D eigenvalue weighted by Crippen LogP contribution is -2.57. The van der Waals surface area contributed by atoms with E-state index in [9.17, 15) is 0 Å². The highest BCUT2D eigenvalue weighted by Crippen LogP contribution is 2.32. The van der Waals surface area contributed by atoms with Gasteiger partial charge in [0.2, 0.25) is 0 Å². The van der Waals surface area contributed by atoms with E-state index in [-0.39, 0.29) is 5.54 Å². The van der Waals surface area contributed by atoms with Crippen LogP contribution in [0, 0.1) is 0 Å². The van der Waals surface area contributed by atoms with Gasteiger partial charge in [0.1, 0.15) is 0 Å². The smallest absolute Gasteiger partial charge is 0.0955 e. The highest BCUT2D eigenvalue weighted by atomic mass is 15.3. The largest absolute Gasteiger partial charge is 0.398 e. The topological polar surface area (TPSA) is 45.4 Å². The number of fused-ring (bicyclic) bond motifs is 1. The number of nitrogens with two attached hydrogens (primary N) is 1. The molecule has 0 atom stereocenters. The first-order chi connectivity index (χ1) is 9.49. The zero-order chi connectivity index (χ0) is 14.3. The molecule has 1 aromatic heterocycles. The Labute approximate surface area is 120 Å². The third-order valence-electron chi connectivity index (χ3n) is 4.44. The molecule has 0 aliphatic carbocycles. The fraction of sp³-hybridized carbons (Fsp3) is 0.438. The summed E-state index contributed by atoms with van der Waals surface area (Å²) < 4.78 is 0. The van der Waals surface area contributed by atoms with E-state index in [1.807, 2.05) is 24.4 Å². The first kappa shape index (κ1) is 13.2. The highest BCUT2D eigenvalue weighted by Gasteiger charge is 2.31. The number of nitrogens with zero attached hydrogens (tertiary/aromatic N) is 3. The molecule has 4 nitrogen and oxygen atoms in total. The van der Waals surface area contributed by atoms with Crippen LogP contribution in [0.1, 0.15) is 13.8 Å². The van der Waals surface area contributed by atoms with Crippen LogP contribution in [0.4, 0.5) is 11.4 Å². The number of hydrogen-bond donors (Lipinski definition) is 1. The van der Waals surface area contributed by atoms with Crippen molar-refractivity contribution in [2.75, 3.05) is 37.3 Å². The Morgan fingerprint density at radius 2 is 2.00 bits per heavy atom. The maximum atomic E-state index is 6.06. The minimum atomic E-state index is 0.167. The lowest BCUT2D eigenvalue weighted by molar-refractivity contribution is 0.139. The number of aromatic nitrogens is 1. The van der Waals surface area contributed by atoms with Gasteiger partial charge in [-0.05, 0) is 45.2 Å². The molecule has 20 heavy (non-hydrogen) atoms. The summed E-state index contributed by atoms with van der Waals surface area (Å²) in [4.78, 5) is 9.39. The van der Waals surface area contributed by atoms with Crippen LogP contribution < -0.4 is 10.6 Å². The molecule has 0 bridgehead atoms. The molecule has 1 aromatic carbocycles. The maximum absolute atomic E-state index is 6.06. The molecule has 106 valence electrons. The summed E-state index contributed by atoms with van der Waals surface area (Å²) >= 11 is 0. The van der Waals surface area contributed by atoms with Gasteiger partial charge in [0.15, 0.2) is 0 Å². The third-order valence-corrected chi connectivity index (χ3v) is 4.44. The molecular weight excluding hydrogens is 248 g/mol. The molecule has 2 aromatic rings. The van der Waals surface area contributed by atoms with Crippen molar-refractivity contribution in [2.24, 2.45) is 0 Å². The standard InChI is InChI=1S/C16H22N4/c1-16(2)11-20(10-9-19(16)3)14-7-6-13(17)12-5-4-8-18-15(12)14/h4-8H,9-11,17H2,1-3H3. The molecule has 1 aliphatic heterocycles. The number of benzene rings is 1. The number of pyridine rings is 1. The van der Waals surface area contributed by atoms with E-state index in [4.69, 9.17) is 5.73 Å². The van der Waals surface area contributed by atoms with Gasteiger partial charge in [0, 0.05) is 42.4 Å². The molecule has 3 rings (SSSR count). The van der Waals surface area contributed by atoms with Gasteiger partial charge in [-0.3, -0.25) is 9.88 Å². The van der Waals surface area contributed by atoms with Crippen molar-refractivity contribution >= 4 is 22.3 Å². The van der Waals surface area contributed by atoms with Crippen LogP contribution >= 0.6 is 0 Å². The van der Waals surface area contributed by atoms with E-state index in [1.54, 1.807) is 0 Å². The Morgan fingerprint density at radius 3 is 2.75 bits per heavy atom. The van der Waals surface area contributed by atoms with Gasteiger partial charge in [-0.15, -0.1) is 0 Å². The first-order valence-corrected chi connectivity index (χ1v) is 7.08. The van der Waals surface area contributed by atoms with Crippen LogP contribution in [-0.4, -0.2) is 42.1 Å². The summed E-state index contributed by atoms with van der Waals surface area (Å²) in [7, 11) is 2.19. The molecule has 2 heterocycles. The quantitative estimate of drug-likeness (QED) is 0.808. The number of rotatable bonds is 1. The minimum absolute atomic E-state index is 0.167. The summed E-state index contributed by atoms with van der Waals surface area (Å²) in [5.41, 5.74) is 9.23. The van der Waals surface area contributed by atoms with E-state index in [0.29, 0.717) is 0 Å². The molecule has 0 saturated carbocycles. The van der Waals surface area contributed by atoms with Gasteiger partial charge in [-0.25, -0.2) is 0 Å². The Balaban J connectivity index is 2.05. The Morgan fingerprint density at radius 1 is 1.20 bits per heavy atom. The van der Waals surface area contributed by atoms with Crippen LogP contribution in [0.15, 0.2) is 30.5 Å². The zero-order valence-corrected chi connectivity index (χ0v) is 12.4. The Hall–Kier alpha value is -1.81. The molecule has 0 radical (unpaired) electrons. The van der Waals surface area contributed by atoms with Crippen LogP contribution in [0.2, 0.25) is 0 Å². The number of nitrogen functional groups attached to an aromatic ring is 1. The second-order valence-corrected chi connectivity index (χ2v) is 6.23. The van der Waals surface area contributed by atoms with E-state index in [2.05, 4.69) is 41.7 Å². The Bertz CT molecular complexity index is 635. The van der Waals surface area contributed by atoms with E-state index in [0.717, 1.165) is 36.2 Å². The van der Waals surface area contributed by atoms with Crippen molar-refractivity contribution in [3.8, 4) is 0 Å². The van der Waals surface area contributed by atoms with Gasteiger partial charge >= 0.3 is 0 Å². The van der Waals surface area contributed by atoms with E-state index in [1.165, 1.54) is 5.69 Å². The fourth-order valence-electron chi connectivity index (χ4n) is 2.88. The van der Waals surface area contributed by atoms with Crippen molar-refractivity contribution < 1.29 is 0 Å². The number of likely N-dealkylation sites (N-methyl/N-ethyl adjacent to an activating group) is 1. The summed E-state index contributed by atoms with van der Waals surface area (Å²) in [5.74, 6) is 0. The fourth-order valence-corrected chi connectivity index (χ4v) is 2.88. The molecule has 1 fully saturated rings. The van der Waals surface area contributed by atoms with Gasteiger partial charge in [0.25, 0.3) is 0 Å². The minimum Gasteiger partial charge on any atom is -0.398 e. The highest BCUT2D eigenvalue weighted by molar-refractivity contribution is 5.98. The van der Waals surface area contributed by atoms with Gasteiger partial charge in [0.05, 0.1) is 11.2 Å². The number of hydrogen-bond acceptors (Lipinski definition) is 4. The molecule has 0 unspecified atom stereocenters. The van der Waals surface area contributed by atoms with Crippen molar-refractivity contribution in [3.63, 3.8) is 0 Å². The molecule has 2 N–H and O–H groups in total. The first-order valence-electron chi connectivity index (χ1n) is 7.08. The van der Waals surface area contributed by atoms with Crippen LogP contribution in [-0.2, 0) is 0 Å². The second-order valence-electron chi connectivity index (χ2n) is 6.23. The SMILES string of the molecule is CN1CCN(c2ccc(N)c3cccnc23)CC1(C)C. The predicted molar refractivity (Wildman–Crippen MR) is 85.1 cm³/mol. The summed E-state index contributed by atoms with van der Waals surface area (Å²) in [6.07, 6.45) is 1.84. The Kier molecular flexibility index (Phi) is 3.05. The molecule has 0 spiro atoms. The molecule has 1 aliphatic rings. The lowest BCUT2D eigenvalue weighted by Gasteiger charge is -2.46. The van der Waals surface area contributed by atoms with Crippen LogP contribution in [0.5, 0.6) is 0 Å². The zero-order valence-electron chi connectivity index (χ0n) is 12.4. The van der Waals surface area contributed by atoms with Crippen LogP contribution in [0.3, 0.4) is 0 Å². The average molecular weight is 270 g/mol. The van der Waals surface area contributed by atoms with Gasteiger partial charge < -0.3 is 10.6 Å². The molecule has 1 saturated heterocycles. The molecular formula is C16H22N4.